The average molecular weight is 330 g/mol. The van der Waals surface area contributed by atoms with E-state index in [1.54, 1.807) is 11.3 Å². The van der Waals surface area contributed by atoms with Gasteiger partial charge >= 0.3 is 0 Å². The molecule has 3 rings (SSSR count). The Balaban J connectivity index is 1.83. The van der Waals surface area contributed by atoms with Gasteiger partial charge in [-0.05, 0) is 48.7 Å². The molecule has 1 N–H and O–H groups in total. The van der Waals surface area contributed by atoms with Gasteiger partial charge in [-0.1, -0.05) is 0 Å². The van der Waals surface area contributed by atoms with E-state index in [1.165, 1.54) is 18.9 Å². The van der Waals surface area contributed by atoms with Crippen molar-refractivity contribution in [3.8, 4) is 0 Å². The van der Waals surface area contributed by atoms with E-state index in [4.69, 9.17) is 4.98 Å². The Labute approximate surface area is 140 Å². The molecular weight excluding hydrogens is 308 g/mol. The molecule has 1 unspecified atom stereocenters. The fourth-order valence-electron chi connectivity index (χ4n) is 3.10. The normalized spacial score (nSPS) is 18.3. The Morgan fingerprint density at radius 1 is 1.52 bits per heavy atom. The largest absolute Gasteiger partial charge is 0.352 e. The van der Waals surface area contributed by atoms with Gasteiger partial charge in [0.05, 0.1) is 11.7 Å². The fourth-order valence-corrected chi connectivity index (χ4v) is 3.76. The van der Waals surface area contributed by atoms with E-state index < -0.39 is 0 Å². The lowest BCUT2D eigenvalue weighted by atomic mass is 10.1. The fraction of sp³-hybridized carbons (Fsp3) is 0.471. The first-order valence-corrected chi connectivity index (χ1v) is 8.89. The minimum Gasteiger partial charge on any atom is -0.352 e. The SMILES string of the molecule is CC(=O)NCc1cnc(C)nc1C1CCCN1Cc1ccsc1. The number of hydrogen-bond donors (Lipinski definition) is 1. The van der Waals surface area contributed by atoms with Crippen LogP contribution in [0.5, 0.6) is 0 Å². The Hall–Kier alpha value is -1.79. The van der Waals surface area contributed by atoms with Gasteiger partial charge in [-0.25, -0.2) is 9.97 Å². The molecule has 1 atom stereocenters. The van der Waals surface area contributed by atoms with Crippen molar-refractivity contribution in [3.05, 3.63) is 45.7 Å². The zero-order valence-corrected chi connectivity index (χ0v) is 14.4. The summed E-state index contributed by atoms with van der Waals surface area (Å²) in [6.07, 6.45) is 4.14. The van der Waals surface area contributed by atoms with Crippen molar-refractivity contribution in [3.63, 3.8) is 0 Å². The second-order valence-corrected chi connectivity index (χ2v) is 6.78. The van der Waals surface area contributed by atoms with E-state index in [2.05, 4.69) is 32.0 Å². The predicted octanol–water partition coefficient (Wildman–Crippen LogP) is 2.82. The summed E-state index contributed by atoms with van der Waals surface area (Å²) in [6.45, 7) is 5.99. The van der Waals surface area contributed by atoms with Crippen LogP contribution in [0.1, 0.15) is 48.5 Å². The zero-order chi connectivity index (χ0) is 16.2. The van der Waals surface area contributed by atoms with Gasteiger partial charge in [0.25, 0.3) is 0 Å². The predicted molar refractivity (Wildman–Crippen MR) is 91.0 cm³/mol. The van der Waals surface area contributed by atoms with Gasteiger partial charge in [-0.15, -0.1) is 0 Å². The Kier molecular flexibility index (Phi) is 5.03. The quantitative estimate of drug-likeness (QED) is 0.916. The van der Waals surface area contributed by atoms with E-state index >= 15 is 0 Å². The van der Waals surface area contributed by atoms with Crippen LogP contribution in [0.2, 0.25) is 0 Å². The molecule has 0 bridgehead atoms. The molecule has 6 heteroatoms. The van der Waals surface area contributed by atoms with E-state index in [1.807, 2.05) is 13.1 Å². The lowest BCUT2D eigenvalue weighted by Crippen LogP contribution is -2.26. The Morgan fingerprint density at radius 2 is 2.39 bits per heavy atom. The van der Waals surface area contributed by atoms with Crippen LogP contribution < -0.4 is 5.32 Å². The molecule has 5 nitrogen and oxygen atoms in total. The molecule has 1 amide bonds. The summed E-state index contributed by atoms with van der Waals surface area (Å²) in [6, 6.07) is 2.49. The maximum Gasteiger partial charge on any atom is 0.217 e. The van der Waals surface area contributed by atoms with Crippen LogP contribution >= 0.6 is 11.3 Å². The summed E-state index contributed by atoms with van der Waals surface area (Å²) < 4.78 is 0. The number of carbonyl (C=O) groups excluding carboxylic acids is 1. The van der Waals surface area contributed by atoms with Gasteiger partial charge in [0, 0.05) is 31.8 Å². The molecule has 0 aliphatic carbocycles. The van der Waals surface area contributed by atoms with Gasteiger partial charge in [-0.3, -0.25) is 9.69 Å². The van der Waals surface area contributed by atoms with Crippen molar-refractivity contribution in [2.24, 2.45) is 0 Å². The molecule has 0 spiro atoms. The number of carbonyl (C=O) groups is 1. The van der Waals surface area contributed by atoms with E-state index in [0.717, 1.165) is 36.6 Å². The number of aromatic nitrogens is 2. The molecule has 2 aromatic heterocycles. The third-order valence-corrected chi connectivity index (χ3v) is 4.92. The minimum atomic E-state index is -0.0296. The summed E-state index contributed by atoms with van der Waals surface area (Å²) in [5, 5.41) is 7.20. The lowest BCUT2D eigenvalue weighted by molar-refractivity contribution is -0.119. The molecule has 0 aromatic carbocycles. The molecule has 1 saturated heterocycles. The monoisotopic (exact) mass is 330 g/mol. The van der Waals surface area contributed by atoms with Crippen molar-refractivity contribution < 1.29 is 4.79 Å². The first kappa shape index (κ1) is 16.1. The first-order chi connectivity index (χ1) is 11.1. The third-order valence-electron chi connectivity index (χ3n) is 4.19. The molecule has 122 valence electrons. The summed E-state index contributed by atoms with van der Waals surface area (Å²) >= 11 is 1.74. The topological polar surface area (TPSA) is 58.1 Å². The van der Waals surface area contributed by atoms with Crippen molar-refractivity contribution in [1.29, 1.82) is 0 Å². The van der Waals surface area contributed by atoms with Crippen LogP contribution in [0.15, 0.2) is 23.0 Å². The zero-order valence-electron chi connectivity index (χ0n) is 13.6. The Bertz CT molecular complexity index is 671. The van der Waals surface area contributed by atoms with Gasteiger partial charge in [0.15, 0.2) is 0 Å². The summed E-state index contributed by atoms with van der Waals surface area (Å²) in [5.74, 6) is 0.757. The van der Waals surface area contributed by atoms with E-state index in [-0.39, 0.29) is 5.91 Å². The third kappa shape index (κ3) is 3.95. The number of hydrogen-bond acceptors (Lipinski definition) is 5. The lowest BCUT2D eigenvalue weighted by Gasteiger charge is -2.25. The number of rotatable bonds is 5. The highest BCUT2D eigenvalue weighted by atomic mass is 32.1. The molecule has 0 saturated carbocycles. The highest BCUT2D eigenvalue weighted by molar-refractivity contribution is 7.07. The van der Waals surface area contributed by atoms with Crippen LogP contribution in [0.4, 0.5) is 0 Å². The second-order valence-electron chi connectivity index (χ2n) is 6.00. The van der Waals surface area contributed by atoms with Crippen LogP contribution in [-0.2, 0) is 17.9 Å². The second kappa shape index (κ2) is 7.19. The standard InChI is InChI=1S/C17H22N4OS/c1-12-18-8-15(9-19-13(2)22)17(20-12)16-4-3-6-21(16)10-14-5-7-23-11-14/h5,7-8,11,16H,3-4,6,9-10H2,1-2H3,(H,19,22). The van der Waals surface area contributed by atoms with Crippen molar-refractivity contribution >= 4 is 17.2 Å². The molecule has 1 aliphatic rings. The Morgan fingerprint density at radius 3 is 3.13 bits per heavy atom. The van der Waals surface area contributed by atoms with Crippen LogP contribution in [0.3, 0.4) is 0 Å². The summed E-state index contributed by atoms with van der Waals surface area (Å²) in [5.41, 5.74) is 3.45. The molecule has 3 heterocycles. The highest BCUT2D eigenvalue weighted by Crippen LogP contribution is 2.34. The van der Waals surface area contributed by atoms with Gasteiger partial charge in [0.2, 0.25) is 5.91 Å². The van der Waals surface area contributed by atoms with Crippen LogP contribution in [-0.4, -0.2) is 27.3 Å². The molecule has 23 heavy (non-hydrogen) atoms. The number of nitrogens with one attached hydrogen (secondary N) is 1. The molecule has 1 aliphatic heterocycles. The number of aryl methyl sites for hydroxylation is 1. The van der Waals surface area contributed by atoms with Crippen LogP contribution in [0.25, 0.3) is 0 Å². The van der Waals surface area contributed by atoms with Gasteiger partial charge in [0.1, 0.15) is 5.82 Å². The highest BCUT2D eigenvalue weighted by Gasteiger charge is 2.29. The first-order valence-electron chi connectivity index (χ1n) is 7.95. The molecule has 0 radical (unpaired) electrons. The van der Waals surface area contributed by atoms with Crippen LogP contribution in [0, 0.1) is 6.92 Å². The maximum atomic E-state index is 11.2. The van der Waals surface area contributed by atoms with Gasteiger partial charge < -0.3 is 5.32 Å². The molecule has 2 aromatic rings. The smallest absolute Gasteiger partial charge is 0.217 e. The van der Waals surface area contributed by atoms with E-state index in [9.17, 15) is 4.79 Å². The summed E-state index contributed by atoms with van der Waals surface area (Å²) in [4.78, 5) is 22.7. The molecular formula is C17H22N4OS. The van der Waals surface area contributed by atoms with Crippen molar-refractivity contribution in [1.82, 2.24) is 20.2 Å². The minimum absolute atomic E-state index is 0.0296. The maximum absolute atomic E-state index is 11.2. The number of likely N-dealkylation sites (tertiary alicyclic amines) is 1. The molecule has 1 fully saturated rings. The van der Waals surface area contributed by atoms with Crippen molar-refractivity contribution in [2.45, 2.75) is 45.8 Å². The van der Waals surface area contributed by atoms with Gasteiger partial charge in [-0.2, -0.15) is 11.3 Å². The number of nitrogens with zero attached hydrogens (tertiary/aromatic N) is 3. The number of thiophene rings is 1. The average Bonchev–Trinajstić information content (AvgIpc) is 3.18. The van der Waals surface area contributed by atoms with Crippen molar-refractivity contribution in [2.75, 3.05) is 6.54 Å². The number of amides is 1. The summed E-state index contributed by atoms with van der Waals surface area (Å²) in [7, 11) is 0. The van der Waals surface area contributed by atoms with E-state index in [0.29, 0.717) is 12.6 Å².